The molecule has 170 valence electrons. The number of anilines is 1. The van der Waals surface area contributed by atoms with Gasteiger partial charge in [-0.3, -0.25) is 9.36 Å². The molecular weight excluding hydrogens is 418 g/mol. The van der Waals surface area contributed by atoms with Crippen molar-refractivity contribution in [2.24, 2.45) is 5.73 Å². The van der Waals surface area contributed by atoms with Crippen molar-refractivity contribution in [1.82, 2.24) is 24.3 Å². The Labute approximate surface area is 191 Å². The van der Waals surface area contributed by atoms with Crippen molar-refractivity contribution >= 4 is 28.1 Å². The summed E-state index contributed by atoms with van der Waals surface area (Å²) in [6.07, 6.45) is 3.60. The van der Waals surface area contributed by atoms with E-state index in [9.17, 15) is 4.79 Å². The molecule has 2 N–H and O–H groups in total. The number of hydrogen-bond acceptors (Lipinski definition) is 7. The molecule has 5 rings (SSSR count). The van der Waals surface area contributed by atoms with Gasteiger partial charge in [0.05, 0.1) is 12.7 Å². The van der Waals surface area contributed by atoms with E-state index in [2.05, 4.69) is 32.9 Å². The number of oxazole rings is 1. The fourth-order valence-corrected chi connectivity index (χ4v) is 4.55. The smallest absolute Gasteiger partial charge is 0.293 e. The lowest BCUT2D eigenvalue weighted by Crippen LogP contribution is -2.44. The lowest BCUT2D eigenvalue weighted by molar-refractivity contribution is 0.481. The maximum absolute atomic E-state index is 13.5. The summed E-state index contributed by atoms with van der Waals surface area (Å²) in [5.74, 6) is 7.15. The topological polar surface area (TPSA) is 108 Å². The van der Waals surface area contributed by atoms with Crippen molar-refractivity contribution in [2.75, 3.05) is 18.0 Å². The summed E-state index contributed by atoms with van der Waals surface area (Å²) in [6.45, 7) is 7.85. The highest BCUT2D eigenvalue weighted by Crippen LogP contribution is 2.24. The Morgan fingerprint density at radius 2 is 2.09 bits per heavy atom. The van der Waals surface area contributed by atoms with E-state index in [0.717, 1.165) is 41.6 Å². The highest BCUT2D eigenvalue weighted by atomic mass is 16.3. The Morgan fingerprint density at radius 3 is 2.88 bits per heavy atom. The van der Waals surface area contributed by atoms with Gasteiger partial charge in [-0.1, -0.05) is 12.0 Å². The zero-order chi connectivity index (χ0) is 23.1. The third kappa shape index (κ3) is 3.87. The average molecular weight is 446 g/mol. The molecule has 1 aromatic carbocycles. The van der Waals surface area contributed by atoms with E-state index in [1.54, 1.807) is 13.1 Å². The second kappa shape index (κ2) is 8.37. The molecule has 1 saturated heterocycles. The van der Waals surface area contributed by atoms with E-state index in [1.807, 2.05) is 24.5 Å². The maximum atomic E-state index is 13.5. The van der Waals surface area contributed by atoms with Gasteiger partial charge >= 0.3 is 0 Å². The predicted molar refractivity (Wildman–Crippen MR) is 127 cm³/mol. The van der Waals surface area contributed by atoms with Crippen LogP contribution >= 0.6 is 0 Å². The fourth-order valence-electron chi connectivity index (χ4n) is 4.55. The van der Waals surface area contributed by atoms with E-state index in [4.69, 9.17) is 15.1 Å². The largest absolute Gasteiger partial charge is 0.438 e. The molecule has 0 radical (unpaired) electrons. The first-order chi connectivity index (χ1) is 15.9. The second-order valence-electron chi connectivity index (χ2n) is 8.65. The van der Waals surface area contributed by atoms with Crippen LogP contribution in [0.4, 0.5) is 5.95 Å². The predicted octanol–water partition coefficient (Wildman–Crippen LogP) is 2.35. The van der Waals surface area contributed by atoms with Crippen molar-refractivity contribution in [2.45, 2.75) is 52.7 Å². The highest BCUT2D eigenvalue weighted by Gasteiger charge is 2.24. The molecule has 0 bridgehead atoms. The monoisotopic (exact) mass is 445 g/mol. The molecule has 3 aromatic heterocycles. The summed E-state index contributed by atoms with van der Waals surface area (Å²) >= 11 is 0. The third-order valence-corrected chi connectivity index (χ3v) is 6.03. The number of benzene rings is 1. The number of piperidine rings is 1. The summed E-state index contributed by atoms with van der Waals surface area (Å²) in [6, 6.07) is 4.11. The van der Waals surface area contributed by atoms with Gasteiger partial charge in [0.2, 0.25) is 11.8 Å². The van der Waals surface area contributed by atoms with Gasteiger partial charge in [-0.15, -0.1) is 5.92 Å². The van der Waals surface area contributed by atoms with Gasteiger partial charge in [-0.2, -0.15) is 5.10 Å². The van der Waals surface area contributed by atoms with Gasteiger partial charge in [-0.05, 0) is 50.8 Å². The van der Waals surface area contributed by atoms with Crippen LogP contribution in [0.2, 0.25) is 0 Å². The quantitative estimate of drug-likeness (QED) is 0.480. The Hall–Kier alpha value is -3.64. The van der Waals surface area contributed by atoms with Gasteiger partial charge < -0.3 is 15.1 Å². The maximum Gasteiger partial charge on any atom is 0.293 e. The molecule has 0 aliphatic carbocycles. The molecule has 1 atom stereocenters. The van der Waals surface area contributed by atoms with Gasteiger partial charge in [-0.25, -0.2) is 14.6 Å². The third-order valence-electron chi connectivity index (χ3n) is 6.03. The van der Waals surface area contributed by atoms with Crippen molar-refractivity contribution < 1.29 is 4.42 Å². The minimum Gasteiger partial charge on any atom is -0.438 e. The number of fused-ring (bicyclic) bond motifs is 2. The molecule has 33 heavy (non-hydrogen) atoms. The van der Waals surface area contributed by atoms with Crippen molar-refractivity contribution in [3.63, 3.8) is 0 Å². The zero-order valence-electron chi connectivity index (χ0n) is 19.1. The molecule has 0 spiro atoms. The Kier molecular flexibility index (Phi) is 5.38. The number of nitrogens with two attached hydrogens (primary N) is 1. The van der Waals surface area contributed by atoms with Crippen molar-refractivity contribution in [3.8, 4) is 11.8 Å². The van der Waals surface area contributed by atoms with Crippen LogP contribution < -0.4 is 16.2 Å². The van der Waals surface area contributed by atoms with E-state index >= 15 is 0 Å². The van der Waals surface area contributed by atoms with Crippen LogP contribution in [0.3, 0.4) is 0 Å². The van der Waals surface area contributed by atoms with Gasteiger partial charge in [0.15, 0.2) is 5.58 Å². The van der Waals surface area contributed by atoms with Gasteiger partial charge in [0, 0.05) is 19.1 Å². The fraction of sp³-hybridized carbons (Fsp3) is 0.417. The molecule has 9 nitrogen and oxygen atoms in total. The number of imidazole rings is 1. The van der Waals surface area contributed by atoms with Crippen LogP contribution in [0.25, 0.3) is 22.1 Å². The number of nitrogens with zero attached hydrogens (tertiary/aromatic N) is 6. The van der Waals surface area contributed by atoms with Crippen molar-refractivity contribution in [1.29, 1.82) is 0 Å². The molecule has 0 saturated carbocycles. The van der Waals surface area contributed by atoms with Crippen LogP contribution in [0.5, 0.6) is 0 Å². The van der Waals surface area contributed by atoms with Gasteiger partial charge in [0.1, 0.15) is 23.1 Å². The summed E-state index contributed by atoms with van der Waals surface area (Å²) < 4.78 is 9.21. The lowest BCUT2D eigenvalue weighted by Gasteiger charge is -2.31. The van der Waals surface area contributed by atoms with Crippen LogP contribution in [0.15, 0.2) is 27.5 Å². The first-order valence-electron chi connectivity index (χ1n) is 11.2. The van der Waals surface area contributed by atoms with E-state index in [-0.39, 0.29) is 18.1 Å². The molecular formula is C24H27N7O2. The first kappa shape index (κ1) is 21.2. The van der Waals surface area contributed by atoms with E-state index in [1.165, 1.54) is 4.68 Å². The number of aryl methyl sites for hydroxylation is 2. The summed E-state index contributed by atoms with van der Waals surface area (Å²) in [5.41, 5.74) is 10.6. The molecule has 0 unspecified atom stereocenters. The number of rotatable bonds is 4. The molecule has 4 heterocycles. The molecule has 1 fully saturated rings. The zero-order valence-corrected chi connectivity index (χ0v) is 19.1. The minimum absolute atomic E-state index is 0.0882. The second-order valence-corrected chi connectivity index (χ2v) is 8.65. The van der Waals surface area contributed by atoms with Crippen LogP contribution in [-0.4, -0.2) is 43.4 Å². The van der Waals surface area contributed by atoms with Gasteiger partial charge in [0.25, 0.3) is 5.56 Å². The Bertz CT molecular complexity index is 1470. The summed E-state index contributed by atoms with van der Waals surface area (Å²) in [5, 5.41) is 4.36. The highest BCUT2D eigenvalue weighted by molar-refractivity contribution is 5.78. The molecule has 0 amide bonds. The number of aromatic nitrogens is 5. The number of hydrogen-bond donors (Lipinski definition) is 1. The molecule has 4 aromatic rings. The molecule has 1 aliphatic rings. The Morgan fingerprint density at radius 1 is 1.24 bits per heavy atom. The van der Waals surface area contributed by atoms with E-state index < -0.39 is 0 Å². The summed E-state index contributed by atoms with van der Waals surface area (Å²) in [7, 11) is 0. The average Bonchev–Trinajstić information content (AvgIpc) is 3.36. The Balaban J connectivity index is 1.58. The van der Waals surface area contributed by atoms with Crippen molar-refractivity contribution in [3.05, 3.63) is 45.7 Å². The van der Waals surface area contributed by atoms with Crippen LogP contribution in [0, 0.1) is 25.7 Å². The van der Waals surface area contributed by atoms with Crippen LogP contribution in [-0.2, 0) is 13.1 Å². The standard InChI is InChI=1S/C24H27N7O2/c1-4-5-9-30-21-19(28-24(30)29-8-6-7-17(25)13-29)12-26-31(23(21)32)14-20-27-18-11-15(2)10-16(3)22(18)33-20/h10-12,17H,6-9,13-14,25H2,1-3H3/t17-/m1/s1. The minimum atomic E-state index is -0.249. The van der Waals surface area contributed by atoms with E-state index in [0.29, 0.717) is 36.0 Å². The molecule has 1 aliphatic heterocycles. The lowest BCUT2D eigenvalue weighted by atomic mass is 10.1. The van der Waals surface area contributed by atoms with Crippen LogP contribution in [0.1, 0.15) is 36.8 Å². The first-order valence-corrected chi connectivity index (χ1v) is 11.2. The summed E-state index contributed by atoms with van der Waals surface area (Å²) in [4.78, 5) is 24.9. The molecule has 9 heteroatoms. The normalized spacial score (nSPS) is 16.4. The SMILES string of the molecule is CC#CCn1c(N2CCC[C@@H](N)C2)nc2cnn(Cc3nc4cc(C)cc(C)c4o3)c(=O)c21.